The molecule has 0 spiro atoms. The van der Waals surface area contributed by atoms with Crippen molar-refractivity contribution in [1.82, 2.24) is 0 Å². The maximum Gasteiger partial charge on any atom is 0.248 e. The van der Waals surface area contributed by atoms with Gasteiger partial charge in [0.2, 0.25) is 5.91 Å². The second-order valence-electron chi connectivity index (χ2n) is 4.66. The normalized spacial score (nSPS) is 10.8. The Morgan fingerprint density at radius 1 is 1.15 bits per heavy atom. The smallest absolute Gasteiger partial charge is 0.248 e. The van der Waals surface area contributed by atoms with E-state index in [0.717, 1.165) is 22.4 Å². The van der Waals surface area contributed by atoms with Crippen molar-refractivity contribution in [2.24, 2.45) is 0 Å². The average Bonchev–Trinajstić information content (AvgIpc) is 2.42. The maximum absolute atomic E-state index is 11.9. The summed E-state index contributed by atoms with van der Waals surface area (Å²) in [6, 6.07) is 13.4. The molecule has 2 aromatic rings. The number of amides is 1. The minimum Gasteiger partial charge on any atom is -0.322 e. The van der Waals surface area contributed by atoms with Crippen molar-refractivity contribution in [3.05, 3.63) is 70.3 Å². The Morgan fingerprint density at radius 3 is 2.65 bits per heavy atom. The van der Waals surface area contributed by atoms with Crippen molar-refractivity contribution in [1.29, 1.82) is 0 Å². The lowest BCUT2D eigenvalue weighted by Gasteiger charge is -2.07. The predicted molar refractivity (Wildman–Crippen MR) is 85.0 cm³/mol. The first kappa shape index (κ1) is 14.4. The van der Waals surface area contributed by atoms with Crippen LogP contribution < -0.4 is 5.32 Å². The molecule has 0 atom stereocenters. The van der Waals surface area contributed by atoms with Crippen molar-refractivity contribution >= 4 is 29.3 Å². The van der Waals surface area contributed by atoms with Gasteiger partial charge in [0.15, 0.2) is 0 Å². The number of nitrogens with one attached hydrogen (secondary N) is 1. The Hall–Kier alpha value is -2.06. The standard InChI is InChI=1S/C17H16ClNO/c1-12-7-8-13(2)16(11-12)19-17(20)10-9-14-5-3-4-6-15(14)18/h3-11H,1-2H3,(H,19,20)/b10-9+. The van der Waals surface area contributed by atoms with Crippen LogP contribution in [0.5, 0.6) is 0 Å². The van der Waals surface area contributed by atoms with Crippen molar-refractivity contribution in [2.75, 3.05) is 5.32 Å². The molecule has 20 heavy (non-hydrogen) atoms. The van der Waals surface area contributed by atoms with E-state index in [1.54, 1.807) is 12.1 Å². The molecule has 0 saturated carbocycles. The van der Waals surface area contributed by atoms with Gasteiger partial charge in [-0.3, -0.25) is 4.79 Å². The highest BCUT2D eigenvalue weighted by molar-refractivity contribution is 6.32. The van der Waals surface area contributed by atoms with Crippen LogP contribution >= 0.6 is 11.6 Å². The van der Waals surface area contributed by atoms with Gasteiger partial charge >= 0.3 is 0 Å². The number of benzene rings is 2. The number of rotatable bonds is 3. The molecule has 0 radical (unpaired) electrons. The van der Waals surface area contributed by atoms with E-state index in [-0.39, 0.29) is 5.91 Å². The third-order valence-electron chi connectivity index (χ3n) is 2.97. The zero-order valence-corrected chi connectivity index (χ0v) is 12.2. The Morgan fingerprint density at radius 2 is 1.90 bits per heavy atom. The number of carbonyl (C=O) groups is 1. The highest BCUT2D eigenvalue weighted by atomic mass is 35.5. The molecule has 1 amide bonds. The number of carbonyl (C=O) groups excluding carboxylic acids is 1. The monoisotopic (exact) mass is 285 g/mol. The van der Waals surface area contributed by atoms with Crippen molar-refractivity contribution in [3.8, 4) is 0 Å². The summed E-state index contributed by atoms with van der Waals surface area (Å²) < 4.78 is 0. The van der Waals surface area contributed by atoms with Gasteiger partial charge in [0.25, 0.3) is 0 Å². The molecule has 0 unspecified atom stereocenters. The molecule has 1 N–H and O–H groups in total. The summed E-state index contributed by atoms with van der Waals surface area (Å²) in [5, 5.41) is 3.50. The van der Waals surface area contributed by atoms with E-state index in [4.69, 9.17) is 11.6 Å². The molecule has 2 aromatic carbocycles. The molecule has 0 aliphatic carbocycles. The fourth-order valence-electron chi connectivity index (χ4n) is 1.82. The Balaban J connectivity index is 2.10. The van der Waals surface area contributed by atoms with Gasteiger partial charge in [-0.2, -0.15) is 0 Å². The van der Waals surface area contributed by atoms with Gasteiger partial charge < -0.3 is 5.32 Å². The van der Waals surface area contributed by atoms with Gasteiger partial charge in [-0.25, -0.2) is 0 Å². The summed E-state index contributed by atoms with van der Waals surface area (Å²) in [4.78, 5) is 11.9. The van der Waals surface area contributed by atoms with Crippen LogP contribution in [0.2, 0.25) is 5.02 Å². The van der Waals surface area contributed by atoms with E-state index in [1.807, 2.05) is 50.2 Å². The topological polar surface area (TPSA) is 29.1 Å². The van der Waals surface area contributed by atoms with E-state index in [0.29, 0.717) is 5.02 Å². The van der Waals surface area contributed by atoms with Crippen molar-refractivity contribution in [3.63, 3.8) is 0 Å². The van der Waals surface area contributed by atoms with Gasteiger partial charge in [-0.15, -0.1) is 0 Å². The first-order chi connectivity index (χ1) is 9.56. The van der Waals surface area contributed by atoms with Gasteiger partial charge in [0.05, 0.1) is 0 Å². The van der Waals surface area contributed by atoms with Gasteiger partial charge in [0.1, 0.15) is 0 Å². The zero-order valence-electron chi connectivity index (χ0n) is 11.5. The third kappa shape index (κ3) is 3.72. The van der Waals surface area contributed by atoms with Crippen LogP contribution in [0.15, 0.2) is 48.5 Å². The number of aryl methyl sites for hydroxylation is 2. The summed E-state index contributed by atoms with van der Waals surface area (Å²) in [5.74, 6) is -0.168. The highest BCUT2D eigenvalue weighted by Crippen LogP contribution is 2.18. The summed E-state index contributed by atoms with van der Waals surface area (Å²) in [6.45, 7) is 3.96. The highest BCUT2D eigenvalue weighted by Gasteiger charge is 2.02. The van der Waals surface area contributed by atoms with Crippen LogP contribution in [-0.2, 0) is 4.79 Å². The van der Waals surface area contributed by atoms with E-state index < -0.39 is 0 Å². The molecule has 0 saturated heterocycles. The minimum atomic E-state index is -0.168. The molecule has 0 bridgehead atoms. The quantitative estimate of drug-likeness (QED) is 0.820. The minimum absolute atomic E-state index is 0.168. The molecular formula is C17H16ClNO. The molecule has 2 rings (SSSR count). The first-order valence-corrected chi connectivity index (χ1v) is 6.75. The Kier molecular flexibility index (Phi) is 4.59. The molecule has 0 fully saturated rings. The van der Waals surface area contributed by atoms with Gasteiger partial charge in [0, 0.05) is 16.8 Å². The summed E-state index contributed by atoms with van der Waals surface area (Å²) in [7, 11) is 0. The molecule has 0 aromatic heterocycles. The lowest BCUT2D eigenvalue weighted by Crippen LogP contribution is -2.09. The number of halogens is 1. The zero-order chi connectivity index (χ0) is 14.5. The number of anilines is 1. The fraction of sp³-hybridized carbons (Fsp3) is 0.118. The lowest BCUT2D eigenvalue weighted by atomic mass is 10.1. The fourth-order valence-corrected chi connectivity index (χ4v) is 2.02. The summed E-state index contributed by atoms with van der Waals surface area (Å²) >= 11 is 6.03. The predicted octanol–water partition coefficient (Wildman–Crippen LogP) is 4.61. The molecule has 3 heteroatoms. The second-order valence-corrected chi connectivity index (χ2v) is 5.07. The molecule has 0 aliphatic rings. The molecule has 0 heterocycles. The number of hydrogen-bond acceptors (Lipinski definition) is 1. The third-order valence-corrected chi connectivity index (χ3v) is 3.31. The maximum atomic E-state index is 11.9. The second kappa shape index (κ2) is 6.40. The lowest BCUT2D eigenvalue weighted by molar-refractivity contribution is -0.111. The van der Waals surface area contributed by atoms with Crippen LogP contribution in [-0.4, -0.2) is 5.91 Å². The first-order valence-electron chi connectivity index (χ1n) is 6.37. The van der Waals surface area contributed by atoms with Crippen molar-refractivity contribution in [2.45, 2.75) is 13.8 Å². The van der Waals surface area contributed by atoms with Crippen LogP contribution in [0.25, 0.3) is 6.08 Å². The number of hydrogen-bond donors (Lipinski definition) is 1. The van der Waals surface area contributed by atoms with E-state index in [1.165, 1.54) is 6.08 Å². The molecule has 102 valence electrons. The average molecular weight is 286 g/mol. The van der Waals surface area contributed by atoms with Gasteiger partial charge in [-0.1, -0.05) is 41.9 Å². The van der Waals surface area contributed by atoms with Crippen LogP contribution in [0.1, 0.15) is 16.7 Å². The Bertz CT molecular complexity index is 662. The molecular weight excluding hydrogens is 270 g/mol. The largest absolute Gasteiger partial charge is 0.322 e. The van der Waals surface area contributed by atoms with E-state index >= 15 is 0 Å². The molecule has 2 nitrogen and oxygen atoms in total. The van der Waals surface area contributed by atoms with Gasteiger partial charge in [-0.05, 0) is 48.7 Å². The molecule has 0 aliphatic heterocycles. The Labute approximate surface area is 124 Å². The van der Waals surface area contributed by atoms with Crippen molar-refractivity contribution < 1.29 is 4.79 Å². The van der Waals surface area contributed by atoms with Crippen LogP contribution in [0, 0.1) is 13.8 Å². The SMILES string of the molecule is Cc1ccc(C)c(NC(=O)/C=C/c2ccccc2Cl)c1. The summed E-state index contributed by atoms with van der Waals surface area (Å²) in [5.41, 5.74) is 3.81. The van der Waals surface area contributed by atoms with E-state index in [2.05, 4.69) is 5.32 Å². The van der Waals surface area contributed by atoms with Crippen LogP contribution in [0.4, 0.5) is 5.69 Å². The van der Waals surface area contributed by atoms with E-state index in [9.17, 15) is 4.79 Å². The summed E-state index contributed by atoms with van der Waals surface area (Å²) in [6.07, 6.45) is 3.20. The van der Waals surface area contributed by atoms with Crippen LogP contribution in [0.3, 0.4) is 0 Å².